The third-order valence-corrected chi connectivity index (χ3v) is 2.99. The van der Waals surface area contributed by atoms with Crippen LogP contribution >= 0.6 is 0 Å². The largest absolute Gasteiger partial charge is 0.315 e. The van der Waals surface area contributed by atoms with E-state index >= 15 is 0 Å². The predicted octanol–water partition coefficient (Wildman–Crippen LogP) is 3.14. The molecule has 1 aromatic rings. The number of nitrogens with one attached hydrogen (secondary N) is 1. The first-order valence-corrected chi connectivity index (χ1v) is 7.02. The fourth-order valence-corrected chi connectivity index (χ4v) is 1.94. The Kier molecular flexibility index (Phi) is 7.72. The molecule has 0 radical (unpaired) electrons. The van der Waals surface area contributed by atoms with Crippen molar-refractivity contribution >= 4 is 0 Å². The van der Waals surface area contributed by atoms with Gasteiger partial charge < -0.3 is 5.32 Å². The van der Waals surface area contributed by atoms with Crippen molar-refractivity contribution in [3.63, 3.8) is 0 Å². The molecule has 0 atom stereocenters. The van der Waals surface area contributed by atoms with E-state index in [1.165, 1.54) is 44.1 Å². The van der Waals surface area contributed by atoms with Gasteiger partial charge in [0.1, 0.15) is 0 Å². The second-order valence-corrected chi connectivity index (χ2v) is 4.80. The highest BCUT2D eigenvalue weighted by Gasteiger charge is 1.94. The number of aromatic nitrogens is 2. The van der Waals surface area contributed by atoms with Crippen molar-refractivity contribution in [3.05, 3.63) is 18.0 Å². The summed E-state index contributed by atoms with van der Waals surface area (Å²) in [4.78, 5) is 0. The molecule has 0 spiro atoms. The molecule has 0 aliphatic heterocycles. The minimum Gasteiger partial charge on any atom is -0.315 e. The molecule has 3 nitrogen and oxygen atoms in total. The normalized spacial score (nSPS) is 10.9. The van der Waals surface area contributed by atoms with Gasteiger partial charge in [-0.25, -0.2) is 0 Å². The number of nitrogens with zero attached hydrogens (tertiary/aromatic N) is 2. The molecule has 0 fully saturated rings. The Morgan fingerprint density at radius 2 is 1.88 bits per heavy atom. The fraction of sp³-hybridized carbons (Fsp3) is 0.786. The average molecular weight is 237 g/mol. The lowest BCUT2D eigenvalue weighted by atomic mass is 10.1. The van der Waals surface area contributed by atoms with Gasteiger partial charge in [-0.3, -0.25) is 4.68 Å². The first kappa shape index (κ1) is 14.2. The van der Waals surface area contributed by atoms with Gasteiger partial charge in [0.15, 0.2) is 0 Å². The van der Waals surface area contributed by atoms with Crippen molar-refractivity contribution in [2.75, 3.05) is 13.1 Å². The van der Waals surface area contributed by atoms with Crippen molar-refractivity contribution in [3.8, 4) is 0 Å². The van der Waals surface area contributed by atoms with Crippen LogP contribution in [0.15, 0.2) is 12.4 Å². The number of unbranched alkanes of at least 4 members (excludes halogenated alkanes) is 5. The second kappa shape index (κ2) is 9.23. The molecule has 0 aliphatic rings. The molecule has 0 aliphatic carbocycles. The van der Waals surface area contributed by atoms with E-state index in [0.717, 1.165) is 19.6 Å². The van der Waals surface area contributed by atoms with Gasteiger partial charge in [0.25, 0.3) is 0 Å². The SMILES string of the molecule is CCCCCCCCNCCn1cc(C)cn1. The Hall–Kier alpha value is -0.830. The van der Waals surface area contributed by atoms with E-state index in [1.54, 1.807) is 0 Å². The zero-order chi connectivity index (χ0) is 12.3. The molecular weight excluding hydrogens is 210 g/mol. The van der Waals surface area contributed by atoms with E-state index in [1.807, 2.05) is 10.9 Å². The molecule has 1 heterocycles. The molecule has 0 bridgehead atoms. The van der Waals surface area contributed by atoms with Crippen molar-refractivity contribution in [1.82, 2.24) is 15.1 Å². The summed E-state index contributed by atoms with van der Waals surface area (Å²) in [5, 5.41) is 7.73. The van der Waals surface area contributed by atoms with E-state index in [2.05, 4.69) is 30.5 Å². The van der Waals surface area contributed by atoms with Crippen LogP contribution in [0.3, 0.4) is 0 Å². The molecule has 1 aromatic heterocycles. The summed E-state index contributed by atoms with van der Waals surface area (Å²) in [6.45, 7) is 7.48. The van der Waals surface area contributed by atoms with E-state index < -0.39 is 0 Å². The molecule has 0 saturated carbocycles. The van der Waals surface area contributed by atoms with Crippen molar-refractivity contribution in [2.24, 2.45) is 0 Å². The third kappa shape index (κ3) is 7.16. The van der Waals surface area contributed by atoms with Crippen molar-refractivity contribution in [2.45, 2.75) is 58.9 Å². The van der Waals surface area contributed by atoms with Crippen molar-refractivity contribution < 1.29 is 0 Å². The zero-order valence-electron chi connectivity index (χ0n) is 11.4. The van der Waals surface area contributed by atoms with Crippen LogP contribution in [-0.4, -0.2) is 22.9 Å². The van der Waals surface area contributed by atoms with Gasteiger partial charge in [-0.2, -0.15) is 5.10 Å². The Morgan fingerprint density at radius 3 is 2.59 bits per heavy atom. The van der Waals surface area contributed by atoms with Crippen LogP contribution in [0.2, 0.25) is 0 Å². The molecule has 98 valence electrons. The number of hydrogen-bond acceptors (Lipinski definition) is 2. The van der Waals surface area contributed by atoms with Crippen LogP contribution < -0.4 is 5.32 Å². The monoisotopic (exact) mass is 237 g/mol. The van der Waals surface area contributed by atoms with Gasteiger partial charge >= 0.3 is 0 Å². The van der Waals surface area contributed by atoms with Crippen LogP contribution in [0.25, 0.3) is 0 Å². The minimum atomic E-state index is 0.976. The molecule has 1 N–H and O–H groups in total. The van der Waals surface area contributed by atoms with Gasteiger partial charge in [-0.05, 0) is 25.5 Å². The first-order chi connectivity index (χ1) is 8.33. The summed E-state index contributed by atoms with van der Waals surface area (Å²) in [6.07, 6.45) is 12.2. The van der Waals surface area contributed by atoms with Gasteiger partial charge in [-0.15, -0.1) is 0 Å². The smallest absolute Gasteiger partial charge is 0.0534 e. The van der Waals surface area contributed by atoms with Gasteiger partial charge in [0.05, 0.1) is 12.7 Å². The van der Waals surface area contributed by atoms with Gasteiger partial charge in [-0.1, -0.05) is 39.0 Å². The molecule has 3 heteroatoms. The standard InChI is InChI=1S/C14H27N3/c1-3-4-5-6-7-8-9-15-10-11-17-13-14(2)12-16-17/h12-13,15H,3-11H2,1-2H3. The maximum atomic E-state index is 4.26. The summed E-state index contributed by atoms with van der Waals surface area (Å²) < 4.78 is 2.00. The Balaban J connectivity index is 1.84. The summed E-state index contributed by atoms with van der Waals surface area (Å²) in [5.74, 6) is 0. The molecule has 0 saturated heterocycles. The highest BCUT2D eigenvalue weighted by Crippen LogP contribution is 2.03. The van der Waals surface area contributed by atoms with Crippen LogP contribution in [0.1, 0.15) is 51.0 Å². The van der Waals surface area contributed by atoms with E-state index in [-0.39, 0.29) is 0 Å². The van der Waals surface area contributed by atoms with E-state index in [4.69, 9.17) is 0 Å². The Bertz CT molecular complexity index is 281. The molecular formula is C14H27N3. The maximum absolute atomic E-state index is 4.26. The number of aryl methyl sites for hydroxylation is 1. The Morgan fingerprint density at radius 1 is 1.12 bits per heavy atom. The average Bonchev–Trinajstić information content (AvgIpc) is 2.73. The minimum absolute atomic E-state index is 0.976. The van der Waals surface area contributed by atoms with Crippen molar-refractivity contribution in [1.29, 1.82) is 0 Å². The number of hydrogen-bond donors (Lipinski definition) is 1. The lowest BCUT2D eigenvalue weighted by Crippen LogP contribution is -2.21. The maximum Gasteiger partial charge on any atom is 0.0534 e. The number of rotatable bonds is 10. The van der Waals surface area contributed by atoms with Crippen LogP contribution in [0.4, 0.5) is 0 Å². The summed E-state index contributed by atoms with van der Waals surface area (Å²) in [6, 6.07) is 0. The summed E-state index contributed by atoms with van der Waals surface area (Å²) >= 11 is 0. The van der Waals surface area contributed by atoms with Crippen LogP contribution in [0, 0.1) is 6.92 Å². The molecule has 1 rings (SSSR count). The molecule has 0 unspecified atom stereocenters. The van der Waals surface area contributed by atoms with Crippen LogP contribution in [0.5, 0.6) is 0 Å². The zero-order valence-corrected chi connectivity index (χ0v) is 11.4. The van der Waals surface area contributed by atoms with E-state index in [0.29, 0.717) is 0 Å². The lowest BCUT2D eigenvalue weighted by Gasteiger charge is -2.05. The topological polar surface area (TPSA) is 29.9 Å². The molecule has 0 aromatic carbocycles. The fourth-order valence-electron chi connectivity index (χ4n) is 1.94. The molecule has 0 amide bonds. The van der Waals surface area contributed by atoms with Gasteiger partial charge in [0, 0.05) is 12.7 Å². The quantitative estimate of drug-likeness (QED) is 0.634. The summed E-state index contributed by atoms with van der Waals surface area (Å²) in [7, 11) is 0. The van der Waals surface area contributed by atoms with Gasteiger partial charge in [0.2, 0.25) is 0 Å². The lowest BCUT2D eigenvalue weighted by molar-refractivity contribution is 0.528. The summed E-state index contributed by atoms with van der Waals surface area (Å²) in [5.41, 5.74) is 1.24. The highest BCUT2D eigenvalue weighted by molar-refractivity contribution is 4.99. The van der Waals surface area contributed by atoms with Crippen LogP contribution in [-0.2, 0) is 6.54 Å². The Labute approximate surface area is 106 Å². The second-order valence-electron chi connectivity index (χ2n) is 4.80. The first-order valence-electron chi connectivity index (χ1n) is 7.02. The highest BCUT2D eigenvalue weighted by atomic mass is 15.3. The van der Waals surface area contributed by atoms with E-state index in [9.17, 15) is 0 Å². The predicted molar refractivity (Wildman–Crippen MR) is 73.2 cm³/mol. The molecule has 17 heavy (non-hydrogen) atoms. The third-order valence-electron chi connectivity index (χ3n) is 2.99.